The molecule has 0 spiro atoms. The molecule has 1 amide bonds. The number of nitrogens with zero attached hydrogens (tertiary/aromatic N) is 2. The number of carbonyl (C=O) groups excluding carboxylic acids is 1. The fourth-order valence-corrected chi connectivity index (χ4v) is 2.75. The molecule has 1 saturated carbocycles. The van der Waals surface area contributed by atoms with Crippen LogP contribution in [0, 0.1) is 0 Å². The Morgan fingerprint density at radius 2 is 1.95 bits per heavy atom. The number of thiocarbonyl (C=S) groups is 1. The topological polar surface area (TPSA) is 69.8 Å². The number of aliphatic hydroxyl groups is 1. The number of likely N-dealkylation sites (N-methyl/N-ethyl adjacent to an activating group) is 1. The highest BCUT2D eigenvalue weighted by Gasteiger charge is 2.23. The van der Waals surface area contributed by atoms with Crippen molar-refractivity contribution in [3.63, 3.8) is 0 Å². The molecule has 1 aliphatic carbocycles. The molecule has 0 atom stereocenters. The molecule has 0 heterocycles. The van der Waals surface area contributed by atoms with Crippen LogP contribution in [0.4, 0.5) is 0 Å². The quantitative estimate of drug-likeness (QED) is 0.647. The monoisotopic (exact) mass is 301 g/mol. The minimum atomic E-state index is 0.0697. The van der Waals surface area contributed by atoms with Crippen molar-refractivity contribution in [1.82, 2.24) is 9.80 Å². The smallest absolute Gasteiger partial charge is 0.236 e. The summed E-state index contributed by atoms with van der Waals surface area (Å²) in [6.07, 6.45) is 6.54. The molecule has 0 aliphatic heterocycles. The van der Waals surface area contributed by atoms with Crippen LogP contribution in [0.15, 0.2) is 0 Å². The summed E-state index contributed by atoms with van der Waals surface area (Å²) in [7, 11) is 1.78. The maximum atomic E-state index is 12.2. The SMILES string of the molecule is CN(CCC(N)=S)C(=O)CN(CCO)C1CCCCC1. The maximum absolute atomic E-state index is 12.2. The second-order valence-electron chi connectivity index (χ2n) is 5.52. The highest BCUT2D eigenvalue weighted by Crippen LogP contribution is 2.22. The third kappa shape index (κ3) is 6.15. The summed E-state index contributed by atoms with van der Waals surface area (Å²) in [5, 5.41) is 9.19. The number of rotatable bonds is 8. The number of aliphatic hydroxyl groups excluding tert-OH is 1. The number of nitrogens with two attached hydrogens (primary N) is 1. The second-order valence-corrected chi connectivity index (χ2v) is 6.04. The van der Waals surface area contributed by atoms with Gasteiger partial charge in [-0.3, -0.25) is 9.69 Å². The third-order valence-electron chi connectivity index (χ3n) is 3.94. The molecule has 0 aromatic carbocycles. The van der Waals surface area contributed by atoms with Crippen LogP contribution in [0.5, 0.6) is 0 Å². The molecule has 0 saturated heterocycles. The van der Waals surface area contributed by atoms with E-state index < -0.39 is 0 Å². The van der Waals surface area contributed by atoms with Gasteiger partial charge in [0, 0.05) is 32.6 Å². The molecule has 0 unspecified atom stereocenters. The molecule has 5 nitrogen and oxygen atoms in total. The van der Waals surface area contributed by atoms with Crippen molar-refractivity contribution >= 4 is 23.1 Å². The number of carbonyl (C=O) groups is 1. The lowest BCUT2D eigenvalue weighted by molar-refractivity contribution is -0.131. The fraction of sp³-hybridized carbons (Fsp3) is 0.857. The highest BCUT2D eigenvalue weighted by molar-refractivity contribution is 7.80. The normalized spacial score (nSPS) is 16.4. The average Bonchev–Trinajstić information content (AvgIpc) is 2.45. The van der Waals surface area contributed by atoms with Crippen LogP contribution >= 0.6 is 12.2 Å². The first kappa shape index (κ1) is 17.3. The average molecular weight is 301 g/mol. The molecule has 1 rings (SSSR count). The van der Waals surface area contributed by atoms with E-state index in [-0.39, 0.29) is 12.5 Å². The molecule has 0 bridgehead atoms. The first-order chi connectivity index (χ1) is 9.54. The van der Waals surface area contributed by atoms with Crippen molar-refractivity contribution in [2.45, 2.75) is 44.6 Å². The predicted octanol–water partition coefficient (Wildman–Crippen LogP) is 0.748. The van der Waals surface area contributed by atoms with Gasteiger partial charge in [-0.05, 0) is 12.8 Å². The van der Waals surface area contributed by atoms with E-state index >= 15 is 0 Å². The first-order valence-corrected chi connectivity index (χ1v) is 7.82. The first-order valence-electron chi connectivity index (χ1n) is 7.41. The van der Waals surface area contributed by atoms with Gasteiger partial charge >= 0.3 is 0 Å². The summed E-state index contributed by atoms with van der Waals surface area (Å²) >= 11 is 4.83. The number of amides is 1. The lowest BCUT2D eigenvalue weighted by Crippen LogP contribution is -2.45. The minimum absolute atomic E-state index is 0.0697. The van der Waals surface area contributed by atoms with Crippen molar-refractivity contribution in [1.29, 1.82) is 0 Å². The summed E-state index contributed by atoms with van der Waals surface area (Å²) in [4.78, 5) is 16.4. The molecule has 6 heteroatoms. The van der Waals surface area contributed by atoms with E-state index in [1.165, 1.54) is 19.3 Å². The minimum Gasteiger partial charge on any atom is -0.395 e. The molecule has 0 radical (unpaired) electrons. The number of hydrogen-bond donors (Lipinski definition) is 2. The fourth-order valence-electron chi connectivity index (χ4n) is 2.66. The van der Waals surface area contributed by atoms with E-state index in [9.17, 15) is 9.90 Å². The Hall–Kier alpha value is -0.720. The van der Waals surface area contributed by atoms with Crippen LogP contribution in [0.3, 0.4) is 0 Å². The maximum Gasteiger partial charge on any atom is 0.236 e. The second kappa shape index (κ2) is 9.26. The lowest BCUT2D eigenvalue weighted by Gasteiger charge is -2.34. The summed E-state index contributed by atoms with van der Waals surface area (Å²) in [5.41, 5.74) is 5.46. The van der Waals surface area contributed by atoms with Crippen molar-refractivity contribution < 1.29 is 9.90 Å². The van der Waals surface area contributed by atoms with Crippen LogP contribution in [0.25, 0.3) is 0 Å². The molecule has 0 aromatic heterocycles. The molecule has 0 aromatic rings. The van der Waals surface area contributed by atoms with Gasteiger partial charge in [-0.2, -0.15) is 0 Å². The van der Waals surface area contributed by atoms with Gasteiger partial charge in [-0.25, -0.2) is 0 Å². The molecule has 1 aliphatic rings. The Labute approximate surface area is 127 Å². The van der Waals surface area contributed by atoms with Crippen LogP contribution < -0.4 is 5.73 Å². The summed E-state index contributed by atoms with van der Waals surface area (Å²) in [5.74, 6) is 0.0697. The van der Waals surface area contributed by atoms with Gasteiger partial charge in [0.15, 0.2) is 0 Å². The van der Waals surface area contributed by atoms with Crippen LogP contribution in [0.2, 0.25) is 0 Å². The van der Waals surface area contributed by atoms with Gasteiger partial charge in [-0.1, -0.05) is 31.5 Å². The van der Waals surface area contributed by atoms with E-state index in [1.54, 1.807) is 11.9 Å². The Morgan fingerprint density at radius 3 is 2.50 bits per heavy atom. The van der Waals surface area contributed by atoms with Crippen molar-refractivity contribution in [2.75, 3.05) is 33.3 Å². The van der Waals surface area contributed by atoms with Crippen molar-refractivity contribution in [3.8, 4) is 0 Å². The summed E-state index contributed by atoms with van der Waals surface area (Å²) < 4.78 is 0. The summed E-state index contributed by atoms with van der Waals surface area (Å²) in [6, 6.07) is 0.434. The number of hydrogen-bond acceptors (Lipinski definition) is 4. The van der Waals surface area contributed by atoms with E-state index in [2.05, 4.69) is 4.90 Å². The Balaban J connectivity index is 2.46. The largest absolute Gasteiger partial charge is 0.395 e. The van der Waals surface area contributed by atoms with E-state index in [0.29, 0.717) is 37.1 Å². The van der Waals surface area contributed by atoms with Gasteiger partial charge in [0.05, 0.1) is 18.1 Å². The molecular weight excluding hydrogens is 274 g/mol. The van der Waals surface area contributed by atoms with Gasteiger partial charge in [0.1, 0.15) is 0 Å². The summed E-state index contributed by atoms with van der Waals surface area (Å²) in [6.45, 7) is 1.60. The third-order valence-corrected chi connectivity index (χ3v) is 4.14. The Kier molecular flexibility index (Phi) is 8.02. The van der Waals surface area contributed by atoms with Gasteiger partial charge in [-0.15, -0.1) is 0 Å². The Morgan fingerprint density at radius 1 is 1.30 bits per heavy atom. The standard InChI is InChI=1S/C14H27N3O2S/c1-16(8-7-13(15)20)14(19)11-17(9-10-18)12-5-3-2-4-6-12/h12,18H,2-11H2,1H3,(H2,15,20). The van der Waals surface area contributed by atoms with E-state index in [4.69, 9.17) is 18.0 Å². The molecule has 3 N–H and O–H groups in total. The van der Waals surface area contributed by atoms with Crippen molar-refractivity contribution in [3.05, 3.63) is 0 Å². The molecular formula is C14H27N3O2S. The zero-order valence-corrected chi connectivity index (χ0v) is 13.2. The van der Waals surface area contributed by atoms with Gasteiger partial charge in [0.25, 0.3) is 0 Å². The van der Waals surface area contributed by atoms with Gasteiger partial charge in [0.2, 0.25) is 5.91 Å². The van der Waals surface area contributed by atoms with E-state index in [0.717, 1.165) is 12.8 Å². The van der Waals surface area contributed by atoms with E-state index in [1.807, 2.05) is 0 Å². The zero-order chi connectivity index (χ0) is 15.0. The highest BCUT2D eigenvalue weighted by atomic mass is 32.1. The van der Waals surface area contributed by atoms with Gasteiger partial charge < -0.3 is 15.7 Å². The molecule has 1 fully saturated rings. The van der Waals surface area contributed by atoms with Crippen molar-refractivity contribution in [2.24, 2.45) is 5.73 Å². The molecule has 116 valence electrons. The van der Waals surface area contributed by atoms with Crippen LogP contribution in [-0.4, -0.2) is 65.1 Å². The zero-order valence-electron chi connectivity index (χ0n) is 12.4. The lowest BCUT2D eigenvalue weighted by atomic mass is 9.94. The molecule has 20 heavy (non-hydrogen) atoms. The van der Waals surface area contributed by atoms with Crippen LogP contribution in [-0.2, 0) is 4.79 Å². The van der Waals surface area contributed by atoms with Crippen LogP contribution in [0.1, 0.15) is 38.5 Å². The predicted molar refractivity (Wildman–Crippen MR) is 84.6 cm³/mol. The Bertz CT molecular complexity index is 320.